The van der Waals surface area contributed by atoms with Crippen molar-refractivity contribution in [3.8, 4) is 11.5 Å². The number of benzene rings is 1. The number of carbonyl (C=O) groups excluding carboxylic acids is 1. The van der Waals surface area contributed by atoms with Gasteiger partial charge < -0.3 is 9.47 Å². The van der Waals surface area contributed by atoms with Crippen LogP contribution in [0.25, 0.3) is 6.08 Å². The van der Waals surface area contributed by atoms with E-state index in [9.17, 15) is 4.79 Å². The Morgan fingerprint density at radius 2 is 2.04 bits per heavy atom. The average molecular weight is 404 g/mol. The van der Waals surface area contributed by atoms with Crippen LogP contribution in [0.15, 0.2) is 46.4 Å². The molecule has 140 valence electrons. The van der Waals surface area contributed by atoms with E-state index in [1.807, 2.05) is 25.1 Å². The van der Waals surface area contributed by atoms with Gasteiger partial charge in [-0.3, -0.25) is 9.69 Å². The molecule has 0 aliphatic carbocycles. The molecule has 1 saturated heterocycles. The first-order chi connectivity index (χ1) is 13.1. The number of nitrogens with zero attached hydrogens (tertiary/aromatic N) is 3. The first-order valence-electron chi connectivity index (χ1n) is 8.20. The molecule has 6 nitrogen and oxygen atoms in total. The van der Waals surface area contributed by atoms with Gasteiger partial charge in [-0.2, -0.15) is 0 Å². The summed E-state index contributed by atoms with van der Waals surface area (Å²) in [4.78, 5) is 23.5. The maximum absolute atomic E-state index is 12.8. The highest BCUT2D eigenvalue weighted by Crippen LogP contribution is 2.36. The minimum absolute atomic E-state index is 0.101. The van der Waals surface area contributed by atoms with Crippen molar-refractivity contribution in [2.45, 2.75) is 6.92 Å². The Balaban J connectivity index is 1.95. The molecule has 1 aliphatic heterocycles. The largest absolute Gasteiger partial charge is 0.493 e. The van der Waals surface area contributed by atoms with Crippen LogP contribution in [0.4, 0.5) is 5.69 Å². The van der Waals surface area contributed by atoms with E-state index in [4.69, 9.17) is 21.1 Å². The molecule has 1 aromatic carbocycles. The number of halogens is 1. The Morgan fingerprint density at radius 3 is 2.70 bits per heavy atom. The number of amides is 1. The van der Waals surface area contributed by atoms with Crippen LogP contribution in [0, 0.1) is 0 Å². The zero-order chi connectivity index (χ0) is 19.4. The molecule has 0 saturated carbocycles. The van der Waals surface area contributed by atoms with Crippen molar-refractivity contribution in [3.63, 3.8) is 0 Å². The number of aromatic nitrogens is 1. The fraction of sp³-hybridized carbons (Fsp3) is 0.211. The minimum Gasteiger partial charge on any atom is -0.493 e. The third-order valence-corrected chi connectivity index (χ3v) is 5.16. The van der Waals surface area contributed by atoms with Crippen molar-refractivity contribution < 1.29 is 14.3 Å². The zero-order valence-electron chi connectivity index (χ0n) is 15.1. The van der Waals surface area contributed by atoms with Crippen molar-refractivity contribution in [2.24, 2.45) is 4.99 Å². The van der Waals surface area contributed by atoms with Gasteiger partial charge in [-0.25, -0.2) is 9.98 Å². The lowest BCUT2D eigenvalue weighted by molar-refractivity contribution is -0.122. The second-order valence-electron chi connectivity index (χ2n) is 5.48. The summed E-state index contributed by atoms with van der Waals surface area (Å²) in [6.45, 7) is 2.41. The lowest BCUT2D eigenvalue weighted by atomic mass is 10.2. The Kier molecular flexibility index (Phi) is 6.03. The maximum atomic E-state index is 12.8. The van der Waals surface area contributed by atoms with Gasteiger partial charge in [0.25, 0.3) is 5.91 Å². The van der Waals surface area contributed by atoms with E-state index in [0.717, 1.165) is 5.56 Å². The van der Waals surface area contributed by atoms with Crippen LogP contribution in [0.1, 0.15) is 12.5 Å². The van der Waals surface area contributed by atoms with Gasteiger partial charge in [0.05, 0.1) is 19.1 Å². The van der Waals surface area contributed by atoms with Crippen molar-refractivity contribution >= 4 is 46.2 Å². The van der Waals surface area contributed by atoms with Crippen molar-refractivity contribution in [3.05, 3.63) is 52.2 Å². The zero-order valence-corrected chi connectivity index (χ0v) is 16.7. The molecule has 0 atom stereocenters. The van der Waals surface area contributed by atoms with E-state index < -0.39 is 0 Å². The number of pyridine rings is 1. The van der Waals surface area contributed by atoms with Gasteiger partial charge in [0.15, 0.2) is 21.8 Å². The number of hydrogen-bond acceptors (Lipinski definition) is 6. The molecular weight excluding hydrogens is 386 g/mol. The van der Waals surface area contributed by atoms with E-state index in [0.29, 0.717) is 39.0 Å². The maximum Gasteiger partial charge on any atom is 0.266 e. The van der Waals surface area contributed by atoms with Gasteiger partial charge in [-0.1, -0.05) is 17.7 Å². The number of carbonyl (C=O) groups is 1. The number of amidine groups is 1. The number of likely N-dealkylation sites (N-methyl/N-ethyl adjacent to an activating group) is 1. The molecular formula is C19H18ClN3O3S. The molecule has 1 aromatic heterocycles. The number of hydrogen-bond donors (Lipinski definition) is 0. The van der Waals surface area contributed by atoms with E-state index in [-0.39, 0.29) is 5.91 Å². The third kappa shape index (κ3) is 4.09. The first kappa shape index (κ1) is 19.3. The summed E-state index contributed by atoms with van der Waals surface area (Å²) in [5.74, 6) is 1.13. The lowest BCUT2D eigenvalue weighted by Crippen LogP contribution is -2.28. The van der Waals surface area contributed by atoms with Crippen LogP contribution >= 0.6 is 23.4 Å². The molecule has 2 heterocycles. The number of rotatable bonds is 5. The summed E-state index contributed by atoms with van der Waals surface area (Å²) < 4.78 is 10.6. The minimum atomic E-state index is -0.101. The molecule has 2 aromatic rings. The standard InChI is InChI=1S/C19H18ClN3O3S/c1-4-23-18(24)16(11-12-7-8-14(25-2)15(10-12)26-3)27-19(23)22-13-6-5-9-21-17(13)20/h5-11H,4H2,1-3H3/b16-11-,22-19?. The van der Waals surface area contributed by atoms with Crippen molar-refractivity contribution in [2.75, 3.05) is 20.8 Å². The second-order valence-corrected chi connectivity index (χ2v) is 6.85. The molecule has 0 bridgehead atoms. The number of methoxy groups -OCH3 is 2. The molecule has 27 heavy (non-hydrogen) atoms. The summed E-state index contributed by atoms with van der Waals surface area (Å²) in [5.41, 5.74) is 1.36. The number of thioether (sulfide) groups is 1. The van der Waals surface area contributed by atoms with Crippen LogP contribution < -0.4 is 9.47 Å². The van der Waals surface area contributed by atoms with E-state index >= 15 is 0 Å². The quantitative estimate of drug-likeness (QED) is 0.547. The molecule has 0 spiro atoms. The summed E-state index contributed by atoms with van der Waals surface area (Å²) in [5, 5.41) is 0.871. The summed E-state index contributed by atoms with van der Waals surface area (Å²) in [6.07, 6.45) is 3.41. The van der Waals surface area contributed by atoms with Gasteiger partial charge in [-0.05, 0) is 54.6 Å². The van der Waals surface area contributed by atoms with E-state index in [2.05, 4.69) is 9.98 Å². The lowest BCUT2D eigenvalue weighted by Gasteiger charge is -2.12. The second kappa shape index (κ2) is 8.45. The molecule has 8 heteroatoms. The normalized spacial score (nSPS) is 17.0. The predicted octanol–water partition coefficient (Wildman–Crippen LogP) is 4.38. The summed E-state index contributed by atoms with van der Waals surface area (Å²) in [7, 11) is 3.16. The van der Waals surface area contributed by atoms with Crippen LogP contribution in [0.3, 0.4) is 0 Å². The van der Waals surface area contributed by atoms with Gasteiger partial charge in [-0.15, -0.1) is 0 Å². The topological polar surface area (TPSA) is 64.0 Å². The molecule has 3 rings (SSSR count). The van der Waals surface area contributed by atoms with Crippen LogP contribution in [-0.2, 0) is 4.79 Å². The smallest absolute Gasteiger partial charge is 0.266 e. The highest BCUT2D eigenvalue weighted by atomic mass is 35.5. The van der Waals surface area contributed by atoms with Crippen LogP contribution in [-0.4, -0.2) is 41.7 Å². The Morgan fingerprint density at radius 1 is 1.26 bits per heavy atom. The Labute approximate surface area is 166 Å². The average Bonchev–Trinajstić information content (AvgIpc) is 2.97. The van der Waals surface area contributed by atoms with Gasteiger partial charge in [0.2, 0.25) is 0 Å². The van der Waals surface area contributed by atoms with Crippen molar-refractivity contribution in [1.29, 1.82) is 0 Å². The number of ether oxygens (including phenoxy) is 2. The van der Waals surface area contributed by atoms with Gasteiger partial charge >= 0.3 is 0 Å². The third-order valence-electron chi connectivity index (χ3n) is 3.87. The van der Waals surface area contributed by atoms with Crippen LogP contribution in [0.2, 0.25) is 5.15 Å². The highest BCUT2D eigenvalue weighted by Gasteiger charge is 2.32. The molecule has 0 radical (unpaired) electrons. The molecule has 1 amide bonds. The predicted molar refractivity (Wildman–Crippen MR) is 109 cm³/mol. The van der Waals surface area contributed by atoms with Gasteiger partial charge in [0, 0.05) is 12.7 Å². The number of aliphatic imine (C=N–C) groups is 1. The highest BCUT2D eigenvalue weighted by molar-refractivity contribution is 8.18. The van der Waals surface area contributed by atoms with E-state index in [1.54, 1.807) is 43.5 Å². The van der Waals surface area contributed by atoms with Gasteiger partial charge in [0.1, 0.15) is 5.69 Å². The molecule has 0 N–H and O–H groups in total. The summed E-state index contributed by atoms with van der Waals surface area (Å²) >= 11 is 7.39. The fourth-order valence-corrected chi connectivity index (χ4v) is 3.75. The molecule has 1 fully saturated rings. The monoisotopic (exact) mass is 403 g/mol. The SMILES string of the molecule is CCN1C(=O)/C(=C/c2ccc(OC)c(OC)c2)SC1=Nc1cccnc1Cl. The Hall–Kier alpha value is -2.51. The fourth-order valence-electron chi connectivity index (χ4n) is 2.53. The van der Waals surface area contributed by atoms with Crippen LogP contribution in [0.5, 0.6) is 11.5 Å². The Bertz CT molecular complexity index is 930. The summed E-state index contributed by atoms with van der Waals surface area (Å²) in [6, 6.07) is 9.01. The van der Waals surface area contributed by atoms with Crippen molar-refractivity contribution in [1.82, 2.24) is 9.88 Å². The van der Waals surface area contributed by atoms with E-state index in [1.165, 1.54) is 11.8 Å². The molecule has 1 aliphatic rings. The first-order valence-corrected chi connectivity index (χ1v) is 9.39. The molecule has 0 unspecified atom stereocenters.